The maximum absolute atomic E-state index is 11.9. The Balaban J connectivity index is 1.35. The minimum Gasteiger partial charge on any atom is -0.364 e. The number of amides is 1. The third-order valence-electron chi connectivity index (χ3n) is 5.00. The van der Waals surface area contributed by atoms with E-state index < -0.39 is 0 Å². The summed E-state index contributed by atoms with van der Waals surface area (Å²) in [5, 5.41) is 6.81. The van der Waals surface area contributed by atoms with Crippen LogP contribution in [0.4, 0.5) is 0 Å². The van der Waals surface area contributed by atoms with Gasteiger partial charge in [0.15, 0.2) is 0 Å². The van der Waals surface area contributed by atoms with E-state index in [0.29, 0.717) is 23.4 Å². The van der Waals surface area contributed by atoms with Gasteiger partial charge in [-0.1, -0.05) is 29.4 Å². The van der Waals surface area contributed by atoms with Crippen LogP contribution in [0.5, 0.6) is 0 Å². The Kier molecular flexibility index (Phi) is 2.84. The zero-order chi connectivity index (χ0) is 14.3. The van der Waals surface area contributed by atoms with Crippen LogP contribution in [0.2, 0.25) is 0 Å². The molecule has 2 aromatic rings. The first-order chi connectivity index (χ1) is 10.3. The van der Waals surface area contributed by atoms with Crippen LogP contribution in [0.3, 0.4) is 0 Å². The summed E-state index contributed by atoms with van der Waals surface area (Å²) in [6.45, 7) is 0.769. The van der Waals surface area contributed by atoms with Gasteiger partial charge in [-0.3, -0.25) is 4.79 Å². The first kappa shape index (κ1) is 12.6. The molecule has 0 saturated heterocycles. The predicted molar refractivity (Wildman–Crippen MR) is 77.8 cm³/mol. The SMILES string of the molecule is O=C(Cc1ccon1)NC[C@H]1C[C@@]12CCc1ccccc12. The summed E-state index contributed by atoms with van der Waals surface area (Å²) in [5.41, 5.74) is 4.04. The summed E-state index contributed by atoms with van der Waals surface area (Å²) < 4.78 is 4.74. The van der Waals surface area contributed by atoms with Crippen molar-refractivity contribution in [1.82, 2.24) is 10.5 Å². The molecule has 4 rings (SSSR count). The van der Waals surface area contributed by atoms with Crippen LogP contribution in [0.25, 0.3) is 0 Å². The zero-order valence-corrected chi connectivity index (χ0v) is 11.8. The van der Waals surface area contributed by atoms with Crippen molar-refractivity contribution in [3.63, 3.8) is 0 Å². The molecular formula is C17H18N2O2. The van der Waals surface area contributed by atoms with Gasteiger partial charge >= 0.3 is 0 Å². The fourth-order valence-electron chi connectivity index (χ4n) is 3.79. The van der Waals surface area contributed by atoms with Crippen molar-refractivity contribution in [1.29, 1.82) is 0 Å². The highest BCUT2D eigenvalue weighted by Gasteiger charge is 2.57. The quantitative estimate of drug-likeness (QED) is 0.935. The number of aryl methyl sites for hydroxylation is 1. The number of carbonyl (C=O) groups is 1. The Labute approximate surface area is 123 Å². The minimum atomic E-state index is 0.0252. The van der Waals surface area contributed by atoms with Gasteiger partial charge in [-0.2, -0.15) is 0 Å². The molecule has 2 aliphatic rings. The van der Waals surface area contributed by atoms with Gasteiger partial charge in [0.25, 0.3) is 0 Å². The number of fused-ring (bicyclic) bond motifs is 2. The average Bonchev–Trinajstić information content (AvgIpc) is 2.83. The highest BCUT2D eigenvalue weighted by molar-refractivity contribution is 5.78. The number of hydrogen-bond donors (Lipinski definition) is 1. The topological polar surface area (TPSA) is 55.1 Å². The van der Waals surface area contributed by atoms with Gasteiger partial charge in [-0.05, 0) is 36.3 Å². The second-order valence-electron chi connectivity index (χ2n) is 6.19. The Bertz CT molecular complexity index is 665. The van der Waals surface area contributed by atoms with Crippen molar-refractivity contribution in [2.75, 3.05) is 6.54 Å². The van der Waals surface area contributed by atoms with Gasteiger partial charge in [-0.25, -0.2) is 0 Å². The maximum atomic E-state index is 11.9. The molecular weight excluding hydrogens is 264 g/mol. The second-order valence-corrected chi connectivity index (χ2v) is 6.19. The zero-order valence-electron chi connectivity index (χ0n) is 11.8. The molecule has 4 nitrogen and oxygen atoms in total. The first-order valence-corrected chi connectivity index (χ1v) is 7.52. The van der Waals surface area contributed by atoms with Crippen LogP contribution in [-0.4, -0.2) is 17.6 Å². The smallest absolute Gasteiger partial charge is 0.226 e. The largest absolute Gasteiger partial charge is 0.364 e. The van der Waals surface area contributed by atoms with E-state index in [9.17, 15) is 4.79 Å². The lowest BCUT2D eigenvalue weighted by Gasteiger charge is -2.12. The Morgan fingerprint density at radius 3 is 3.14 bits per heavy atom. The highest BCUT2D eigenvalue weighted by atomic mass is 16.5. The maximum Gasteiger partial charge on any atom is 0.226 e. The Morgan fingerprint density at radius 2 is 2.29 bits per heavy atom. The molecule has 1 fully saturated rings. The summed E-state index contributed by atoms with van der Waals surface area (Å²) >= 11 is 0. The molecule has 1 spiro atoms. The average molecular weight is 282 g/mol. The van der Waals surface area contributed by atoms with E-state index in [1.807, 2.05) is 0 Å². The van der Waals surface area contributed by atoms with E-state index in [4.69, 9.17) is 4.52 Å². The van der Waals surface area contributed by atoms with E-state index >= 15 is 0 Å². The van der Waals surface area contributed by atoms with E-state index in [-0.39, 0.29) is 5.91 Å². The van der Waals surface area contributed by atoms with Crippen molar-refractivity contribution >= 4 is 5.91 Å². The number of nitrogens with one attached hydrogen (secondary N) is 1. The third kappa shape index (κ3) is 2.15. The van der Waals surface area contributed by atoms with Gasteiger partial charge in [0.05, 0.1) is 12.1 Å². The van der Waals surface area contributed by atoms with E-state index in [0.717, 1.165) is 6.54 Å². The number of benzene rings is 1. The molecule has 1 amide bonds. The van der Waals surface area contributed by atoms with Gasteiger partial charge in [0.1, 0.15) is 6.26 Å². The van der Waals surface area contributed by atoms with E-state index in [1.54, 1.807) is 6.07 Å². The molecule has 1 aromatic heterocycles. The van der Waals surface area contributed by atoms with E-state index in [1.165, 1.54) is 36.7 Å². The van der Waals surface area contributed by atoms with Crippen molar-refractivity contribution < 1.29 is 9.32 Å². The second kappa shape index (κ2) is 4.72. The van der Waals surface area contributed by atoms with Gasteiger partial charge in [0, 0.05) is 18.0 Å². The van der Waals surface area contributed by atoms with Crippen LogP contribution >= 0.6 is 0 Å². The molecule has 1 N–H and O–H groups in total. The summed E-state index contributed by atoms with van der Waals surface area (Å²) in [7, 11) is 0. The number of carbonyl (C=O) groups excluding carboxylic acids is 1. The lowest BCUT2D eigenvalue weighted by Crippen LogP contribution is -2.29. The standard InChI is InChI=1S/C17H18N2O2/c20-16(9-14-6-8-21-19-14)18-11-13-10-17(13)7-5-12-3-1-2-4-15(12)17/h1-4,6,8,13H,5,7,9-11H2,(H,18,20)/t13-,17+/m1/s1. The molecule has 0 radical (unpaired) electrons. The highest BCUT2D eigenvalue weighted by Crippen LogP contribution is 2.61. The normalized spacial score (nSPS) is 25.8. The molecule has 4 heteroatoms. The van der Waals surface area contributed by atoms with E-state index in [2.05, 4.69) is 34.7 Å². The van der Waals surface area contributed by atoms with Crippen LogP contribution in [0, 0.1) is 5.92 Å². The molecule has 0 aliphatic heterocycles. The lowest BCUT2D eigenvalue weighted by atomic mass is 9.95. The van der Waals surface area contributed by atoms with Crippen molar-refractivity contribution in [2.45, 2.75) is 31.1 Å². The van der Waals surface area contributed by atoms with Crippen LogP contribution in [0.1, 0.15) is 29.7 Å². The van der Waals surface area contributed by atoms with Crippen molar-refractivity contribution in [3.05, 3.63) is 53.4 Å². The van der Waals surface area contributed by atoms with Gasteiger partial charge in [-0.15, -0.1) is 0 Å². The Hall–Kier alpha value is -2.10. The van der Waals surface area contributed by atoms with Gasteiger partial charge < -0.3 is 9.84 Å². The Morgan fingerprint density at radius 1 is 1.38 bits per heavy atom. The molecule has 1 aromatic carbocycles. The van der Waals surface area contributed by atoms with Crippen molar-refractivity contribution in [3.8, 4) is 0 Å². The third-order valence-corrected chi connectivity index (χ3v) is 5.00. The summed E-state index contributed by atoms with van der Waals surface area (Å²) in [5.74, 6) is 0.611. The van der Waals surface area contributed by atoms with Gasteiger partial charge in [0.2, 0.25) is 5.91 Å². The molecule has 1 heterocycles. The fraction of sp³-hybridized carbons (Fsp3) is 0.412. The molecule has 2 aliphatic carbocycles. The van der Waals surface area contributed by atoms with Crippen LogP contribution < -0.4 is 5.32 Å². The summed E-state index contributed by atoms with van der Waals surface area (Å²) in [6, 6.07) is 10.5. The first-order valence-electron chi connectivity index (χ1n) is 7.52. The summed E-state index contributed by atoms with van der Waals surface area (Å²) in [4.78, 5) is 11.9. The van der Waals surface area contributed by atoms with Crippen LogP contribution in [0.15, 0.2) is 41.1 Å². The molecule has 1 saturated carbocycles. The van der Waals surface area contributed by atoms with Crippen LogP contribution in [-0.2, 0) is 23.1 Å². The minimum absolute atomic E-state index is 0.0252. The molecule has 0 unspecified atom stereocenters. The predicted octanol–water partition coefficient (Wildman–Crippen LogP) is 2.24. The summed E-state index contributed by atoms with van der Waals surface area (Å²) in [6.07, 6.45) is 5.41. The number of aromatic nitrogens is 1. The van der Waals surface area contributed by atoms with Crippen molar-refractivity contribution in [2.24, 2.45) is 5.92 Å². The molecule has 0 bridgehead atoms. The number of nitrogens with zero attached hydrogens (tertiary/aromatic N) is 1. The number of hydrogen-bond acceptors (Lipinski definition) is 3. The molecule has 2 atom stereocenters. The fourth-order valence-corrected chi connectivity index (χ4v) is 3.79. The molecule has 108 valence electrons. The molecule has 21 heavy (non-hydrogen) atoms. The number of rotatable bonds is 4. The monoisotopic (exact) mass is 282 g/mol. The lowest BCUT2D eigenvalue weighted by molar-refractivity contribution is -0.120.